The van der Waals surface area contributed by atoms with Crippen molar-refractivity contribution in [1.29, 1.82) is 0 Å². The van der Waals surface area contributed by atoms with E-state index in [0.29, 0.717) is 22.4 Å². The van der Waals surface area contributed by atoms with Crippen molar-refractivity contribution in [2.45, 2.75) is 65.1 Å². The van der Waals surface area contributed by atoms with Crippen LogP contribution in [0.2, 0.25) is 0 Å². The Hall–Kier alpha value is -2.60. The van der Waals surface area contributed by atoms with Gasteiger partial charge in [0.25, 0.3) is 11.1 Å². The molecule has 0 radical (unpaired) electrons. The Morgan fingerprint density at radius 3 is 2.59 bits per heavy atom. The van der Waals surface area contributed by atoms with Gasteiger partial charge in [-0.05, 0) is 87.2 Å². The Kier molecular flexibility index (Phi) is 5.93. The molecule has 0 aliphatic carbocycles. The van der Waals surface area contributed by atoms with E-state index < -0.39 is 5.82 Å². The van der Waals surface area contributed by atoms with Crippen LogP contribution in [0.15, 0.2) is 47.4 Å². The normalized spacial score (nSPS) is 21.6. The highest BCUT2D eigenvalue weighted by molar-refractivity contribution is 8.18. The maximum atomic E-state index is 14.0. The monoisotopic (exact) mass is 452 g/mol. The van der Waals surface area contributed by atoms with Crippen molar-refractivity contribution in [1.82, 2.24) is 4.90 Å². The minimum Gasteiger partial charge on any atom is -0.364 e. The number of carbonyl (C=O) groups is 2. The highest BCUT2D eigenvalue weighted by atomic mass is 32.2. The summed E-state index contributed by atoms with van der Waals surface area (Å²) in [7, 11) is 0. The average molecular weight is 453 g/mol. The van der Waals surface area contributed by atoms with E-state index in [4.69, 9.17) is 0 Å². The molecule has 168 valence electrons. The minimum absolute atomic E-state index is 0.0612. The lowest BCUT2D eigenvalue weighted by atomic mass is 9.79. The van der Waals surface area contributed by atoms with E-state index in [1.165, 1.54) is 17.3 Å². The predicted octanol–water partition coefficient (Wildman–Crippen LogP) is 6.56. The number of carbonyl (C=O) groups excluding carboxylic acids is 2. The molecule has 4 nitrogen and oxygen atoms in total. The van der Waals surface area contributed by atoms with Crippen molar-refractivity contribution in [3.8, 4) is 0 Å². The molecule has 0 bridgehead atoms. The molecule has 2 aromatic carbocycles. The van der Waals surface area contributed by atoms with E-state index in [-0.39, 0.29) is 23.2 Å². The minimum atomic E-state index is -0.420. The summed E-state index contributed by atoms with van der Waals surface area (Å²) in [5.74, 6) is -0.407. The van der Waals surface area contributed by atoms with Crippen molar-refractivity contribution >= 4 is 34.7 Å². The summed E-state index contributed by atoms with van der Waals surface area (Å²) in [5, 5.41) is -0.372. The summed E-state index contributed by atoms with van der Waals surface area (Å²) < 4.78 is 14.0. The van der Waals surface area contributed by atoms with Crippen LogP contribution in [-0.4, -0.2) is 27.6 Å². The molecule has 2 aliphatic rings. The molecular weight excluding hydrogens is 423 g/mol. The summed E-state index contributed by atoms with van der Waals surface area (Å²) in [6, 6.07) is 12.9. The lowest BCUT2D eigenvalue weighted by Gasteiger charge is -2.50. The molecule has 0 aromatic heterocycles. The zero-order chi connectivity index (χ0) is 23.2. The van der Waals surface area contributed by atoms with Crippen molar-refractivity contribution < 1.29 is 14.0 Å². The molecule has 2 heterocycles. The van der Waals surface area contributed by atoms with Crippen LogP contribution >= 0.6 is 11.8 Å². The molecule has 1 fully saturated rings. The number of imide groups is 1. The number of benzene rings is 2. The highest BCUT2D eigenvalue weighted by Crippen LogP contribution is 2.45. The van der Waals surface area contributed by atoms with Gasteiger partial charge in [0.05, 0.1) is 11.4 Å². The summed E-state index contributed by atoms with van der Waals surface area (Å²) in [6.45, 7) is 11.2. The van der Waals surface area contributed by atoms with Crippen molar-refractivity contribution in [2.75, 3.05) is 4.90 Å². The third-order valence-electron chi connectivity index (χ3n) is 6.27. The van der Waals surface area contributed by atoms with Gasteiger partial charge in [-0.2, -0.15) is 0 Å². The van der Waals surface area contributed by atoms with Crippen molar-refractivity contribution in [3.63, 3.8) is 0 Å². The topological polar surface area (TPSA) is 40.6 Å². The molecule has 32 heavy (non-hydrogen) atoms. The highest BCUT2D eigenvalue weighted by Gasteiger charge is 2.38. The number of hydrogen-bond acceptors (Lipinski definition) is 4. The number of thioether (sulfide) groups is 1. The molecule has 2 amide bonds. The third-order valence-corrected chi connectivity index (χ3v) is 7.18. The summed E-state index contributed by atoms with van der Waals surface area (Å²) in [4.78, 5) is 29.3. The first-order valence-corrected chi connectivity index (χ1v) is 11.8. The third kappa shape index (κ3) is 4.08. The van der Waals surface area contributed by atoms with Crippen LogP contribution < -0.4 is 4.90 Å². The van der Waals surface area contributed by atoms with E-state index in [1.807, 2.05) is 6.07 Å². The largest absolute Gasteiger partial charge is 0.364 e. The van der Waals surface area contributed by atoms with Gasteiger partial charge in [-0.1, -0.05) is 31.2 Å². The van der Waals surface area contributed by atoms with Gasteiger partial charge in [-0.25, -0.2) is 4.39 Å². The maximum Gasteiger partial charge on any atom is 0.293 e. The van der Waals surface area contributed by atoms with Gasteiger partial charge >= 0.3 is 0 Å². The number of nitrogens with zero attached hydrogens (tertiary/aromatic N) is 2. The van der Waals surface area contributed by atoms with Crippen molar-refractivity contribution in [3.05, 3.63) is 69.9 Å². The smallest absolute Gasteiger partial charge is 0.293 e. The first-order chi connectivity index (χ1) is 15.1. The Morgan fingerprint density at radius 1 is 1.19 bits per heavy atom. The van der Waals surface area contributed by atoms with E-state index in [2.05, 4.69) is 51.7 Å². The fourth-order valence-corrected chi connectivity index (χ4v) is 5.96. The summed E-state index contributed by atoms with van der Waals surface area (Å²) in [6.07, 6.45) is 2.82. The quantitative estimate of drug-likeness (QED) is 0.493. The molecule has 2 aromatic rings. The Labute approximate surface area is 193 Å². The Bertz CT molecular complexity index is 1110. The molecule has 0 spiro atoms. The number of halogens is 1. The van der Waals surface area contributed by atoms with E-state index in [0.717, 1.165) is 28.6 Å². The van der Waals surface area contributed by atoms with Crippen molar-refractivity contribution in [2.24, 2.45) is 0 Å². The van der Waals surface area contributed by atoms with Gasteiger partial charge in [0, 0.05) is 22.8 Å². The number of fused-ring (bicyclic) bond motifs is 1. The van der Waals surface area contributed by atoms with Crippen LogP contribution in [0.4, 0.5) is 14.9 Å². The Balaban J connectivity index is 1.62. The van der Waals surface area contributed by atoms with Gasteiger partial charge in [-0.15, -0.1) is 0 Å². The molecule has 0 saturated carbocycles. The molecule has 1 atom stereocenters. The lowest BCUT2D eigenvalue weighted by Crippen LogP contribution is -2.51. The van der Waals surface area contributed by atoms with Crippen LogP contribution in [-0.2, 0) is 11.3 Å². The lowest BCUT2D eigenvalue weighted by molar-refractivity contribution is -0.123. The Morgan fingerprint density at radius 2 is 1.91 bits per heavy atom. The van der Waals surface area contributed by atoms with Crippen LogP contribution in [0, 0.1) is 5.82 Å². The first kappa shape index (κ1) is 22.6. The van der Waals surface area contributed by atoms with Gasteiger partial charge in [0.1, 0.15) is 5.82 Å². The van der Waals surface area contributed by atoms with Gasteiger partial charge in [0.2, 0.25) is 0 Å². The standard InChI is InChI=1S/C26H29FN2O2S/c1-16(2)29-22-11-10-18(12-20(22)17(3)14-26(29,4)5)13-23-24(30)28(25(31)32-23)15-19-8-6-7-9-21(19)27/h6-13,16-17H,14-15H2,1-5H3/b23-13-/t17-/m1/s1. The SMILES string of the molecule is CC(C)N1c2ccc(/C=C3\SC(=O)N(Cc4ccccc4F)C3=O)cc2[C@H](C)CC1(C)C. The van der Waals surface area contributed by atoms with Crippen LogP contribution in [0.3, 0.4) is 0 Å². The molecule has 6 heteroatoms. The number of rotatable bonds is 4. The second kappa shape index (κ2) is 8.39. The van der Waals surface area contributed by atoms with Crippen LogP contribution in [0.1, 0.15) is 63.6 Å². The zero-order valence-electron chi connectivity index (χ0n) is 19.2. The predicted molar refractivity (Wildman–Crippen MR) is 129 cm³/mol. The average Bonchev–Trinajstić information content (AvgIpc) is 2.96. The molecule has 4 rings (SSSR count). The molecular formula is C26H29FN2O2S. The molecule has 0 N–H and O–H groups in total. The second-order valence-electron chi connectivity index (χ2n) is 9.56. The number of anilines is 1. The van der Waals surface area contributed by atoms with E-state index in [1.54, 1.807) is 24.3 Å². The van der Waals surface area contributed by atoms with Crippen LogP contribution in [0.25, 0.3) is 6.08 Å². The van der Waals surface area contributed by atoms with E-state index >= 15 is 0 Å². The second-order valence-corrected chi connectivity index (χ2v) is 10.6. The zero-order valence-corrected chi connectivity index (χ0v) is 20.0. The summed E-state index contributed by atoms with van der Waals surface area (Å²) in [5.41, 5.74) is 3.79. The number of amides is 2. The van der Waals surface area contributed by atoms with Crippen LogP contribution in [0.5, 0.6) is 0 Å². The molecule has 1 saturated heterocycles. The summed E-state index contributed by atoms with van der Waals surface area (Å²) >= 11 is 0.911. The number of hydrogen-bond donors (Lipinski definition) is 0. The molecule has 0 unspecified atom stereocenters. The first-order valence-electron chi connectivity index (χ1n) is 11.0. The maximum absolute atomic E-state index is 14.0. The van der Waals surface area contributed by atoms with Gasteiger partial charge < -0.3 is 4.90 Å². The van der Waals surface area contributed by atoms with Gasteiger partial charge in [-0.3, -0.25) is 14.5 Å². The van der Waals surface area contributed by atoms with E-state index in [9.17, 15) is 14.0 Å². The van der Waals surface area contributed by atoms with Gasteiger partial charge in [0.15, 0.2) is 0 Å². The fraction of sp³-hybridized carbons (Fsp3) is 0.385. The fourth-order valence-electron chi connectivity index (χ4n) is 5.12. The molecule has 2 aliphatic heterocycles.